The summed E-state index contributed by atoms with van der Waals surface area (Å²) in [4.78, 5) is 0. The van der Waals surface area contributed by atoms with E-state index in [2.05, 4.69) is 5.32 Å². The minimum atomic E-state index is -3.43. The molecule has 1 heterocycles. The van der Waals surface area contributed by atoms with E-state index in [1.165, 1.54) is 8.61 Å². The van der Waals surface area contributed by atoms with E-state index < -0.39 is 10.2 Å². The minimum Gasteiger partial charge on any atom is -0.377 e. The number of methoxy groups -OCH3 is 2. The van der Waals surface area contributed by atoms with Crippen LogP contribution in [-0.2, 0) is 19.7 Å². The Morgan fingerprint density at radius 3 is 2.21 bits per heavy atom. The van der Waals surface area contributed by atoms with E-state index in [-0.39, 0.29) is 12.2 Å². The maximum absolute atomic E-state index is 12.4. The number of nitrogens with zero attached hydrogens (tertiary/aromatic N) is 2. The fourth-order valence-corrected chi connectivity index (χ4v) is 3.57. The molecule has 7 nitrogen and oxygen atoms in total. The van der Waals surface area contributed by atoms with Crippen LogP contribution in [0.4, 0.5) is 0 Å². The van der Waals surface area contributed by atoms with Crippen LogP contribution in [0.5, 0.6) is 0 Å². The van der Waals surface area contributed by atoms with Gasteiger partial charge in [-0.3, -0.25) is 0 Å². The molecule has 19 heavy (non-hydrogen) atoms. The van der Waals surface area contributed by atoms with Gasteiger partial charge in [0.15, 0.2) is 0 Å². The van der Waals surface area contributed by atoms with Crippen molar-refractivity contribution in [3.05, 3.63) is 0 Å². The molecule has 0 aromatic rings. The SMILES string of the molecule is CNCCCN(C)S(=O)(=O)N1CC(OC)C(OC)C1. The Labute approximate surface area is 116 Å². The molecule has 0 spiro atoms. The highest BCUT2D eigenvalue weighted by Gasteiger charge is 2.40. The number of hydrogen-bond acceptors (Lipinski definition) is 5. The highest BCUT2D eigenvalue weighted by Crippen LogP contribution is 2.20. The lowest BCUT2D eigenvalue weighted by Gasteiger charge is -2.23. The van der Waals surface area contributed by atoms with Gasteiger partial charge in [-0.15, -0.1) is 0 Å². The van der Waals surface area contributed by atoms with E-state index >= 15 is 0 Å². The fourth-order valence-electron chi connectivity index (χ4n) is 2.14. The highest BCUT2D eigenvalue weighted by atomic mass is 32.2. The van der Waals surface area contributed by atoms with Gasteiger partial charge in [-0.25, -0.2) is 0 Å². The molecule has 0 aromatic heterocycles. The van der Waals surface area contributed by atoms with Gasteiger partial charge in [-0.1, -0.05) is 0 Å². The second-order valence-corrected chi connectivity index (χ2v) is 6.69. The molecule has 1 N–H and O–H groups in total. The summed E-state index contributed by atoms with van der Waals surface area (Å²) in [5, 5.41) is 3.00. The summed E-state index contributed by atoms with van der Waals surface area (Å²) in [5.41, 5.74) is 0. The summed E-state index contributed by atoms with van der Waals surface area (Å²) in [6.45, 7) is 1.97. The van der Waals surface area contributed by atoms with Crippen molar-refractivity contribution in [3.63, 3.8) is 0 Å². The first-order valence-corrected chi connectivity index (χ1v) is 7.78. The molecule has 1 saturated heterocycles. The zero-order chi connectivity index (χ0) is 14.5. The molecule has 114 valence electrons. The number of hydrogen-bond donors (Lipinski definition) is 1. The van der Waals surface area contributed by atoms with Gasteiger partial charge in [0, 0.05) is 40.9 Å². The maximum Gasteiger partial charge on any atom is 0.281 e. The van der Waals surface area contributed by atoms with Gasteiger partial charge in [0.05, 0.1) is 12.2 Å². The Morgan fingerprint density at radius 1 is 1.26 bits per heavy atom. The van der Waals surface area contributed by atoms with Crippen LogP contribution in [0.15, 0.2) is 0 Å². The molecule has 1 rings (SSSR count). The topological polar surface area (TPSA) is 71.1 Å². The molecule has 0 amide bonds. The fraction of sp³-hybridized carbons (Fsp3) is 1.00. The van der Waals surface area contributed by atoms with Crippen LogP contribution in [0.3, 0.4) is 0 Å². The molecule has 0 radical (unpaired) electrons. The van der Waals surface area contributed by atoms with Crippen molar-refractivity contribution in [2.45, 2.75) is 18.6 Å². The van der Waals surface area contributed by atoms with Crippen LogP contribution >= 0.6 is 0 Å². The monoisotopic (exact) mass is 295 g/mol. The maximum atomic E-state index is 12.4. The molecule has 1 aliphatic rings. The second kappa shape index (κ2) is 7.51. The summed E-state index contributed by atoms with van der Waals surface area (Å²) in [6, 6.07) is 0. The summed E-state index contributed by atoms with van der Waals surface area (Å²) in [6.07, 6.45) is 0.373. The lowest BCUT2D eigenvalue weighted by atomic mass is 10.3. The van der Waals surface area contributed by atoms with Gasteiger partial charge >= 0.3 is 0 Å². The second-order valence-electron chi connectivity index (χ2n) is 4.65. The van der Waals surface area contributed by atoms with Crippen LogP contribution in [-0.4, -0.2) is 83.7 Å². The van der Waals surface area contributed by atoms with Crippen molar-refractivity contribution in [3.8, 4) is 0 Å². The quantitative estimate of drug-likeness (QED) is 0.589. The lowest BCUT2D eigenvalue weighted by molar-refractivity contribution is -0.00461. The van der Waals surface area contributed by atoms with Crippen LogP contribution < -0.4 is 5.32 Å². The number of nitrogens with one attached hydrogen (secondary N) is 1. The number of rotatable bonds is 8. The van der Waals surface area contributed by atoms with Crippen LogP contribution in [0.25, 0.3) is 0 Å². The molecule has 0 saturated carbocycles. The van der Waals surface area contributed by atoms with E-state index in [4.69, 9.17) is 9.47 Å². The largest absolute Gasteiger partial charge is 0.377 e. The van der Waals surface area contributed by atoms with Gasteiger partial charge in [-0.2, -0.15) is 17.0 Å². The third-order valence-electron chi connectivity index (χ3n) is 3.41. The molecule has 1 fully saturated rings. The zero-order valence-electron chi connectivity index (χ0n) is 12.1. The Morgan fingerprint density at radius 2 is 1.79 bits per heavy atom. The Bertz CT molecular complexity index is 351. The lowest BCUT2D eigenvalue weighted by Crippen LogP contribution is -2.42. The zero-order valence-corrected chi connectivity index (χ0v) is 12.9. The van der Waals surface area contributed by atoms with Gasteiger partial charge in [0.1, 0.15) is 0 Å². The summed E-state index contributed by atoms with van der Waals surface area (Å²) in [5.74, 6) is 0. The van der Waals surface area contributed by atoms with Crippen molar-refractivity contribution in [1.82, 2.24) is 13.9 Å². The standard InChI is InChI=1S/C11H25N3O4S/c1-12-6-5-7-13(2)19(15,16)14-8-10(17-3)11(9-14)18-4/h10-12H,5-9H2,1-4H3. The Hall–Kier alpha value is -0.250. The predicted octanol–water partition coefficient (Wildman–Crippen LogP) is -0.882. The van der Waals surface area contributed by atoms with E-state index in [0.717, 1.165) is 13.0 Å². The third-order valence-corrected chi connectivity index (χ3v) is 5.33. The minimum absolute atomic E-state index is 0.203. The molecule has 1 aliphatic heterocycles. The average Bonchev–Trinajstić information content (AvgIpc) is 2.82. The van der Waals surface area contributed by atoms with Crippen molar-refractivity contribution in [1.29, 1.82) is 0 Å². The summed E-state index contributed by atoms with van der Waals surface area (Å²) >= 11 is 0. The normalized spacial score (nSPS) is 25.3. The van der Waals surface area contributed by atoms with E-state index in [0.29, 0.717) is 19.6 Å². The van der Waals surface area contributed by atoms with Crippen molar-refractivity contribution < 1.29 is 17.9 Å². The highest BCUT2D eigenvalue weighted by molar-refractivity contribution is 7.86. The van der Waals surface area contributed by atoms with Crippen LogP contribution in [0.1, 0.15) is 6.42 Å². The first-order valence-electron chi connectivity index (χ1n) is 6.39. The molecule has 0 aromatic carbocycles. The van der Waals surface area contributed by atoms with Crippen molar-refractivity contribution >= 4 is 10.2 Å². The smallest absolute Gasteiger partial charge is 0.281 e. The molecule has 8 heteroatoms. The molecular weight excluding hydrogens is 270 g/mol. The van der Waals surface area contributed by atoms with Gasteiger partial charge in [-0.05, 0) is 20.0 Å². The molecular formula is C11H25N3O4S. The average molecular weight is 295 g/mol. The molecule has 0 aliphatic carbocycles. The van der Waals surface area contributed by atoms with E-state index in [1.807, 2.05) is 7.05 Å². The molecule has 0 bridgehead atoms. The Kier molecular flexibility index (Phi) is 6.64. The predicted molar refractivity (Wildman–Crippen MR) is 73.3 cm³/mol. The first-order chi connectivity index (χ1) is 8.97. The van der Waals surface area contributed by atoms with Gasteiger partial charge < -0.3 is 14.8 Å². The Balaban J connectivity index is 2.62. The van der Waals surface area contributed by atoms with Crippen LogP contribution in [0, 0.1) is 0 Å². The van der Waals surface area contributed by atoms with E-state index in [1.54, 1.807) is 21.3 Å². The van der Waals surface area contributed by atoms with E-state index in [9.17, 15) is 8.42 Å². The van der Waals surface area contributed by atoms with Crippen molar-refractivity contribution in [2.75, 3.05) is 54.5 Å². The number of ether oxygens (including phenoxy) is 2. The molecule has 2 unspecified atom stereocenters. The summed E-state index contributed by atoms with van der Waals surface area (Å²) in [7, 11) is 3.17. The van der Waals surface area contributed by atoms with Crippen molar-refractivity contribution in [2.24, 2.45) is 0 Å². The molecule has 2 atom stereocenters. The van der Waals surface area contributed by atoms with Crippen LogP contribution in [0.2, 0.25) is 0 Å². The van der Waals surface area contributed by atoms with Gasteiger partial charge in [0.2, 0.25) is 0 Å². The summed E-state index contributed by atoms with van der Waals surface area (Å²) < 4.78 is 38.1. The van der Waals surface area contributed by atoms with Gasteiger partial charge in [0.25, 0.3) is 10.2 Å². The third kappa shape index (κ3) is 4.11. The first kappa shape index (κ1) is 16.8.